The van der Waals surface area contributed by atoms with E-state index >= 15 is 0 Å². The molecule has 112 valence electrons. The van der Waals surface area contributed by atoms with Crippen LogP contribution in [0.3, 0.4) is 0 Å². The van der Waals surface area contributed by atoms with Gasteiger partial charge in [0.2, 0.25) is 6.79 Å². The zero-order valence-corrected chi connectivity index (χ0v) is 12.2. The van der Waals surface area contributed by atoms with E-state index in [1.165, 1.54) is 5.56 Å². The van der Waals surface area contributed by atoms with Crippen molar-refractivity contribution in [3.8, 4) is 5.75 Å². The Morgan fingerprint density at radius 3 is 2.14 bits per heavy atom. The Balaban J connectivity index is 1.90. The molecule has 2 aromatic carbocycles. The van der Waals surface area contributed by atoms with Gasteiger partial charge in [0.1, 0.15) is 5.75 Å². The lowest BCUT2D eigenvalue weighted by molar-refractivity contribution is -0.144. The Labute approximate surface area is 128 Å². The number of ether oxygens (including phenoxy) is 2. The molecule has 0 saturated heterocycles. The normalized spacial score (nSPS) is 10.4. The van der Waals surface area contributed by atoms with Crippen LogP contribution in [-0.4, -0.2) is 12.8 Å². The Hall–Kier alpha value is -2.95. The lowest BCUT2D eigenvalue weighted by Gasteiger charge is -2.05. The topological polar surface area (TPSA) is 60.2 Å². The molecule has 0 aliphatic rings. The van der Waals surface area contributed by atoms with Gasteiger partial charge in [-0.3, -0.25) is 0 Å². The monoisotopic (exact) mass is 296 g/mol. The molecule has 5 heteroatoms. The maximum atomic E-state index is 10.8. The molecule has 0 amide bonds. The van der Waals surface area contributed by atoms with Crippen LogP contribution < -0.4 is 4.74 Å². The number of hydrogen-bond donors (Lipinski definition) is 0. The van der Waals surface area contributed by atoms with E-state index in [4.69, 9.17) is 9.47 Å². The standard InChI is InChI=1S/C17H16N2O3/c1-3-17(20)22-12-21-16-10-8-15(9-11-16)19-18-14-6-4-13(2)5-7-14/h3-11H,1,12H2,2H3/b19-18+. The highest BCUT2D eigenvalue weighted by Crippen LogP contribution is 2.21. The van der Waals surface area contributed by atoms with Gasteiger partial charge in [-0.05, 0) is 43.3 Å². The predicted molar refractivity (Wildman–Crippen MR) is 83.6 cm³/mol. The van der Waals surface area contributed by atoms with Gasteiger partial charge in [-0.2, -0.15) is 10.2 Å². The molecule has 0 aromatic heterocycles. The zero-order valence-electron chi connectivity index (χ0n) is 12.2. The van der Waals surface area contributed by atoms with E-state index in [0.717, 1.165) is 11.8 Å². The Morgan fingerprint density at radius 1 is 1.05 bits per heavy atom. The number of rotatable bonds is 6. The van der Waals surface area contributed by atoms with Crippen molar-refractivity contribution in [1.82, 2.24) is 0 Å². The maximum Gasteiger partial charge on any atom is 0.333 e. The molecule has 0 radical (unpaired) electrons. The average molecular weight is 296 g/mol. The summed E-state index contributed by atoms with van der Waals surface area (Å²) in [6.45, 7) is 5.16. The van der Waals surface area contributed by atoms with E-state index < -0.39 is 5.97 Å². The summed E-state index contributed by atoms with van der Waals surface area (Å²) in [6.07, 6.45) is 1.08. The van der Waals surface area contributed by atoms with Crippen molar-refractivity contribution in [2.75, 3.05) is 6.79 Å². The van der Waals surface area contributed by atoms with E-state index in [0.29, 0.717) is 11.4 Å². The number of esters is 1. The zero-order chi connectivity index (χ0) is 15.8. The number of nitrogens with zero attached hydrogens (tertiary/aromatic N) is 2. The van der Waals surface area contributed by atoms with Gasteiger partial charge in [-0.25, -0.2) is 4.79 Å². The third-order valence-electron chi connectivity index (χ3n) is 2.75. The summed E-state index contributed by atoms with van der Waals surface area (Å²) in [4.78, 5) is 10.8. The van der Waals surface area contributed by atoms with Crippen LogP contribution in [0.1, 0.15) is 5.56 Å². The fraction of sp³-hybridized carbons (Fsp3) is 0.118. The Bertz CT molecular complexity index is 661. The molecule has 0 unspecified atom stereocenters. The second kappa shape index (κ2) is 7.73. The first-order chi connectivity index (χ1) is 10.7. The highest BCUT2D eigenvalue weighted by Gasteiger charge is 1.98. The molecular formula is C17H16N2O3. The summed E-state index contributed by atoms with van der Waals surface area (Å²) in [5, 5.41) is 8.29. The van der Waals surface area contributed by atoms with E-state index in [-0.39, 0.29) is 6.79 Å². The van der Waals surface area contributed by atoms with Crippen LogP contribution in [0.15, 0.2) is 71.4 Å². The van der Waals surface area contributed by atoms with Crippen molar-refractivity contribution in [2.24, 2.45) is 10.2 Å². The maximum absolute atomic E-state index is 10.8. The highest BCUT2D eigenvalue weighted by molar-refractivity contribution is 5.81. The summed E-state index contributed by atoms with van der Waals surface area (Å²) in [7, 11) is 0. The molecular weight excluding hydrogens is 280 g/mol. The first-order valence-corrected chi connectivity index (χ1v) is 6.68. The number of aryl methyl sites for hydroxylation is 1. The van der Waals surface area contributed by atoms with E-state index in [2.05, 4.69) is 16.8 Å². The second-order valence-corrected chi connectivity index (χ2v) is 4.46. The van der Waals surface area contributed by atoms with Crippen LogP contribution in [0, 0.1) is 6.92 Å². The minimum absolute atomic E-state index is 0.158. The van der Waals surface area contributed by atoms with Gasteiger partial charge in [0.25, 0.3) is 0 Å². The first kappa shape index (κ1) is 15.4. The third-order valence-corrected chi connectivity index (χ3v) is 2.75. The molecule has 0 saturated carbocycles. The van der Waals surface area contributed by atoms with E-state index in [1.807, 2.05) is 31.2 Å². The summed E-state index contributed by atoms with van der Waals surface area (Å²) in [6, 6.07) is 14.8. The minimum Gasteiger partial charge on any atom is -0.457 e. The SMILES string of the molecule is C=CC(=O)OCOc1ccc(/N=N/c2ccc(C)cc2)cc1. The van der Waals surface area contributed by atoms with Crippen LogP contribution in [0.5, 0.6) is 5.75 Å². The van der Waals surface area contributed by atoms with Gasteiger partial charge < -0.3 is 9.47 Å². The fourth-order valence-corrected chi connectivity index (χ4v) is 1.55. The molecule has 22 heavy (non-hydrogen) atoms. The van der Waals surface area contributed by atoms with Gasteiger partial charge in [0.15, 0.2) is 0 Å². The first-order valence-electron chi connectivity index (χ1n) is 6.68. The van der Waals surface area contributed by atoms with Gasteiger partial charge in [0, 0.05) is 6.08 Å². The van der Waals surface area contributed by atoms with Crippen molar-refractivity contribution in [1.29, 1.82) is 0 Å². The van der Waals surface area contributed by atoms with Crippen molar-refractivity contribution < 1.29 is 14.3 Å². The number of azo groups is 1. The summed E-state index contributed by atoms with van der Waals surface area (Å²) in [5.74, 6) is 0.0506. The molecule has 0 aliphatic carbocycles. The largest absolute Gasteiger partial charge is 0.457 e. The molecule has 0 fully saturated rings. The van der Waals surface area contributed by atoms with Crippen molar-refractivity contribution in [3.05, 3.63) is 66.7 Å². The molecule has 0 atom stereocenters. The van der Waals surface area contributed by atoms with Crippen LogP contribution in [-0.2, 0) is 9.53 Å². The lowest BCUT2D eigenvalue weighted by atomic mass is 10.2. The molecule has 5 nitrogen and oxygen atoms in total. The number of carbonyl (C=O) groups excluding carboxylic acids is 1. The third kappa shape index (κ3) is 4.86. The average Bonchev–Trinajstić information content (AvgIpc) is 2.55. The molecule has 0 heterocycles. The number of benzene rings is 2. The molecule has 0 N–H and O–H groups in total. The van der Waals surface area contributed by atoms with Crippen LogP contribution in [0.2, 0.25) is 0 Å². The van der Waals surface area contributed by atoms with Crippen LogP contribution in [0.4, 0.5) is 11.4 Å². The molecule has 0 bridgehead atoms. The number of hydrogen-bond acceptors (Lipinski definition) is 5. The van der Waals surface area contributed by atoms with E-state index in [1.54, 1.807) is 24.3 Å². The lowest BCUT2D eigenvalue weighted by Crippen LogP contribution is -2.07. The summed E-state index contributed by atoms with van der Waals surface area (Å²) >= 11 is 0. The second-order valence-electron chi connectivity index (χ2n) is 4.46. The Morgan fingerprint density at radius 2 is 1.59 bits per heavy atom. The van der Waals surface area contributed by atoms with Crippen LogP contribution >= 0.6 is 0 Å². The van der Waals surface area contributed by atoms with E-state index in [9.17, 15) is 4.79 Å². The molecule has 2 aromatic rings. The number of carbonyl (C=O) groups is 1. The smallest absolute Gasteiger partial charge is 0.333 e. The van der Waals surface area contributed by atoms with Crippen molar-refractivity contribution in [2.45, 2.75) is 6.92 Å². The molecule has 2 rings (SSSR count). The summed E-state index contributed by atoms with van der Waals surface area (Å²) in [5.41, 5.74) is 2.68. The van der Waals surface area contributed by atoms with Crippen LogP contribution in [0.25, 0.3) is 0 Å². The summed E-state index contributed by atoms with van der Waals surface area (Å²) < 4.78 is 9.97. The fourth-order valence-electron chi connectivity index (χ4n) is 1.55. The van der Waals surface area contributed by atoms with Crippen molar-refractivity contribution >= 4 is 17.3 Å². The predicted octanol–water partition coefficient (Wildman–Crippen LogP) is 4.48. The van der Waals surface area contributed by atoms with Gasteiger partial charge in [-0.15, -0.1) is 0 Å². The minimum atomic E-state index is -0.525. The highest BCUT2D eigenvalue weighted by atomic mass is 16.7. The quantitative estimate of drug-likeness (QED) is 0.342. The molecule has 0 aliphatic heterocycles. The van der Waals surface area contributed by atoms with Crippen molar-refractivity contribution in [3.63, 3.8) is 0 Å². The van der Waals surface area contributed by atoms with Gasteiger partial charge in [0.05, 0.1) is 11.4 Å². The van der Waals surface area contributed by atoms with Gasteiger partial charge >= 0.3 is 5.97 Å². The molecule has 0 spiro atoms. The Kier molecular flexibility index (Phi) is 5.43. The van der Waals surface area contributed by atoms with Gasteiger partial charge in [-0.1, -0.05) is 24.3 Å².